The second kappa shape index (κ2) is 5.80. The van der Waals surface area contributed by atoms with Gasteiger partial charge in [-0.15, -0.1) is 0 Å². The van der Waals surface area contributed by atoms with E-state index in [-0.39, 0.29) is 17.0 Å². The summed E-state index contributed by atoms with van der Waals surface area (Å²) in [5.74, 6) is -2.33. The molecule has 0 spiro atoms. The van der Waals surface area contributed by atoms with Crippen LogP contribution in [0.15, 0.2) is 57.8 Å². The van der Waals surface area contributed by atoms with E-state index >= 15 is 0 Å². The summed E-state index contributed by atoms with van der Waals surface area (Å²) >= 11 is 0. The number of nitrogens with one attached hydrogen (secondary N) is 1. The van der Waals surface area contributed by atoms with Crippen molar-refractivity contribution in [2.75, 3.05) is 5.32 Å². The molecule has 2 aromatic heterocycles. The Morgan fingerprint density at radius 3 is 2.61 bits per heavy atom. The monoisotopic (exact) mass is 315 g/mol. The van der Waals surface area contributed by atoms with Gasteiger partial charge in [-0.3, -0.25) is 4.79 Å². The molecule has 0 aliphatic heterocycles. The van der Waals surface area contributed by atoms with E-state index in [1.165, 1.54) is 24.5 Å². The van der Waals surface area contributed by atoms with E-state index in [0.717, 1.165) is 12.3 Å². The Morgan fingerprint density at radius 1 is 1.13 bits per heavy atom. The first-order valence-electron chi connectivity index (χ1n) is 6.51. The van der Waals surface area contributed by atoms with Crippen molar-refractivity contribution in [2.24, 2.45) is 0 Å². The second-order valence-electron chi connectivity index (χ2n) is 4.63. The number of hydrogen-bond acceptors (Lipinski definition) is 4. The lowest BCUT2D eigenvalue weighted by Crippen LogP contribution is -2.12. The molecule has 3 rings (SSSR count). The summed E-state index contributed by atoms with van der Waals surface area (Å²) in [6, 6.07) is 8.56. The number of carboxylic acids is 1. The van der Waals surface area contributed by atoms with Gasteiger partial charge in [-0.25, -0.2) is 9.18 Å². The highest BCUT2D eigenvalue weighted by molar-refractivity contribution is 6.04. The first-order valence-corrected chi connectivity index (χ1v) is 6.51. The molecule has 6 nitrogen and oxygen atoms in total. The molecule has 1 aromatic carbocycles. The molecular weight excluding hydrogens is 305 g/mol. The van der Waals surface area contributed by atoms with Crippen molar-refractivity contribution in [2.45, 2.75) is 0 Å². The number of amides is 1. The van der Waals surface area contributed by atoms with Gasteiger partial charge in [-0.1, -0.05) is 0 Å². The van der Waals surface area contributed by atoms with Crippen LogP contribution in [0.3, 0.4) is 0 Å². The van der Waals surface area contributed by atoms with Crippen molar-refractivity contribution in [1.29, 1.82) is 0 Å². The maximum absolute atomic E-state index is 13.9. The maximum Gasteiger partial charge on any atom is 0.338 e. The molecule has 0 aliphatic rings. The van der Waals surface area contributed by atoms with Crippen LogP contribution in [0.5, 0.6) is 0 Å². The Labute approximate surface area is 129 Å². The van der Waals surface area contributed by atoms with Crippen molar-refractivity contribution in [3.63, 3.8) is 0 Å². The van der Waals surface area contributed by atoms with Crippen molar-refractivity contribution >= 4 is 17.6 Å². The number of carboxylic acid groups (broad SMARTS) is 1. The van der Waals surface area contributed by atoms with E-state index < -0.39 is 17.7 Å². The Morgan fingerprint density at radius 2 is 1.96 bits per heavy atom. The van der Waals surface area contributed by atoms with Gasteiger partial charge in [0, 0.05) is 11.6 Å². The Hall–Kier alpha value is -3.35. The van der Waals surface area contributed by atoms with Crippen LogP contribution in [0.25, 0.3) is 11.3 Å². The van der Waals surface area contributed by atoms with Crippen LogP contribution < -0.4 is 5.32 Å². The van der Waals surface area contributed by atoms with Crippen molar-refractivity contribution in [3.8, 4) is 11.3 Å². The standard InChI is InChI=1S/C16H10FNO5/c17-11-4-3-9(13-2-1-5-22-13)6-12(11)18-15(19)14-7-10(8-23-14)16(20)21/h1-8H,(H,18,19)(H,20,21). The zero-order valence-electron chi connectivity index (χ0n) is 11.6. The van der Waals surface area contributed by atoms with E-state index in [1.54, 1.807) is 12.1 Å². The third kappa shape index (κ3) is 2.98. The Bertz CT molecular complexity index is 866. The van der Waals surface area contributed by atoms with Crippen LogP contribution >= 0.6 is 0 Å². The molecule has 7 heteroatoms. The summed E-state index contributed by atoms with van der Waals surface area (Å²) in [7, 11) is 0. The Kier molecular flexibility index (Phi) is 3.68. The lowest BCUT2D eigenvalue weighted by atomic mass is 10.1. The highest BCUT2D eigenvalue weighted by Crippen LogP contribution is 2.25. The fourth-order valence-electron chi connectivity index (χ4n) is 1.97. The minimum absolute atomic E-state index is 0.0721. The van der Waals surface area contributed by atoms with Crippen LogP contribution in [0, 0.1) is 5.82 Å². The van der Waals surface area contributed by atoms with Crippen molar-refractivity contribution in [1.82, 2.24) is 0 Å². The van der Waals surface area contributed by atoms with Gasteiger partial charge in [0.05, 0.1) is 17.5 Å². The van der Waals surface area contributed by atoms with E-state index in [4.69, 9.17) is 13.9 Å². The summed E-state index contributed by atoms with van der Waals surface area (Å²) in [4.78, 5) is 22.8. The van der Waals surface area contributed by atoms with Crippen LogP contribution in [0.2, 0.25) is 0 Å². The number of furan rings is 2. The molecule has 0 fully saturated rings. The Balaban J connectivity index is 1.85. The van der Waals surface area contributed by atoms with Gasteiger partial charge in [0.25, 0.3) is 5.91 Å². The molecule has 0 bridgehead atoms. The molecule has 0 saturated heterocycles. The molecule has 0 radical (unpaired) electrons. The normalized spacial score (nSPS) is 10.5. The average molecular weight is 315 g/mol. The van der Waals surface area contributed by atoms with Crippen molar-refractivity contribution in [3.05, 3.63) is 66.1 Å². The third-order valence-corrected chi connectivity index (χ3v) is 3.09. The number of aromatic carboxylic acids is 1. The summed E-state index contributed by atoms with van der Waals surface area (Å²) in [5, 5.41) is 11.1. The molecule has 0 unspecified atom stereocenters. The van der Waals surface area contributed by atoms with E-state index in [0.29, 0.717) is 11.3 Å². The van der Waals surface area contributed by atoms with Gasteiger partial charge < -0.3 is 19.3 Å². The van der Waals surface area contributed by atoms with Crippen molar-refractivity contribution < 1.29 is 27.9 Å². The highest BCUT2D eigenvalue weighted by atomic mass is 19.1. The fourth-order valence-corrected chi connectivity index (χ4v) is 1.97. The molecule has 23 heavy (non-hydrogen) atoms. The molecule has 2 heterocycles. The predicted molar refractivity (Wildman–Crippen MR) is 77.7 cm³/mol. The largest absolute Gasteiger partial charge is 0.478 e. The predicted octanol–water partition coefficient (Wildman–Crippen LogP) is 3.63. The quantitative estimate of drug-likeness (QED) is 0.767. The number of anilines is 1. The van der Waals surface area contributed by atoms with E-state index in [1.807, 2.05) is 0 Å². The maximum atomic E-state index is 13.9. The number of benzene rings is 1. The number of halogens is 1. The van der Waals surface area contributed by atoms with Crippen LogP contribution in [-0.4, -0.2) is 17.0 Å². The zero-order chi connectivity index (χ0) is 16.4. The van der Waals surface area contributed by atoms with E-state index in [9.17, 15) is 14.0 Å². The van der Waals surface area contributed by atoms with Gasteiger partial charge in [0.1, 0.15) is 17.8 Å². The fraction of sp³-hybridized carbons (Fsp3) is 0. The molecule has 0 atom stereocenters. The molecule has 0 saturated carbocycles. The summed E-state index contributed by atoms with van der Waals surface area (Å²) in [6.45, 7) is 0. The van der Waals surface area contributed by atoms with Gasteiger partial charge in [-0.05, 0) is 30.3 Å². The number of rotatable bonds is 4. The third-order valence-electron chi connectivity index (χ3n) is 3.09. The number of hydrogen-bond donors (Lipinski definition) is 2. The van der Waals surface area contributed by atoms with Gasteiger partial charge in [0.2, 0.25) is 0 Å². The van der Waals surface area contributed by atoms with E-state index in [2.05, 4.69) is 5.32 Å². The first kappa shape index (κ1) is 14.6. The minimum Gasteiger partial charge on any atom is -0.478 e. The number of carbonyl (C=O) groups excluding carboxylic acids is 1. The molecule has 116 valence electrons. The molecule has 0 aliphatic carbocycles. The smallest absolute Gasteiger partial charge is 0.338 e. The van der Waals surface area contributed by atoms with Crippen LogP contribution in [0.1, 0.15) is 20.9 Å². The zero-order valence-corrected chi connectivity index (χ0v) is 11.6. The molecule has 2 N–H and O–H groups in total. The van der Waals surface area contributed by atoms with Crippen LogP contribution in [-0.2, 0) is 0 Å². The second-order valence-corrected chi connectivity index (χ2v) is 4.63. The molecule has 3 aromatic rings. The SMILES string of the molecule is O=C(O)c1coc(C(=O)Nc2cc(-c3ccco3)ccc2F)c1. The molecule has 1 amide bonds. The van der Waals surface area contributed by atoms with Gasteiger partial charge in [0.15, 0.2) is 5.76 Å². The lowest BCUT2D eigenvalue weighted by molar-refractivity contribution is 0.0696. The van der Waals surface area contributed by atoms with Crippen LogP contribution in [0.4, 0.5) is 10.1 Å². The summed E-state index contributed by atoms with van der Waals surface area (Å²) < 4.78 is 23.9. The summed E-state index contributed by atoms with van der Waals surface area (Å²) in [6.07, 6.45) is 2.42. The van der Waals surface area contributed by atoms with Gasteiger partial charge in [-0.2, -0.15) is 0 Å². The first-order chi connectivity index (χ1) is 11.0. The lowest BCUT2D eigenvalue weighted by Gasteiger charge is -2.06. The highest BCUT2D eigenvalue weighted by Gasteiger charge is 2.17. The average Bonchev–Trinajstić information content (AvgIpc) is 3.21. The topological polar surface area (TPSA) is 92.7 Å². The minimum atomic E-state index is -1.22. The molecular formula is C16H10FNO5. The summed E-state index contributed by atoms with van der Waals surface area (Å²) in [5.41, 5.74) is 0.342. The van der Waals surface area contributed by atoms with Gasteiger partial charge >= 0.3 is 5.97 Å². The number of carbonyl (C=O) groups is 2.